The molecule has 0 aromatic carbocycles. The highest BCUT2D eigenvalue weighted by molar-refractivity contribution is 7.46. The van der Waals surface area contributed by atoms with E-state index in [0.29, 0.717) is 32.1 Å². The van der Waals surface area contributed by atoms with E-state index in [9.17, 15) is 19.3 Å². The lowest BCUT2D eigenvalue weighted by molar-refractivity contribution is -0.161. The Kier molecular flexibility index (Phi) is 32.6. The fourth-order valence-electron chi connectivity index (χ4n) is 4.84. The molecule has 49 heavy (non-hydrogen) atoms. The van der Waals surface area contributed by atoms with Gasteiger partial charge in [-0.2, -0.15) is 0 Å². The number of esters is 2. The summed E-state index contributed by atoms with van der Waals surface area (Å²) in [6, 6.07) is 0. The van der Waals surface area contributed by atoms with Crippen molar-refractivity contribution in [3.05, 3.63) is 60.8 Å². The highest BCUT2D eigenvalue weighted by atomic mass is 31.2. The summed E-state index contributed by atoms with van der Waals surface area (Å²) >= 11 is 0. The first-order chi connectivity index (χ1) is 23.7. The molecule has 0 saturated carbocycles. The zero-order chi connectivity index (χ0) is 36.3. The van der Waals surface area contributed by atoms with Gasteiger partial charge in [0.05, 0.1) is 12.7 Å². The lowest BCUT2D eigenvalue weighted by Gasteiger charge is -2.18. The van der Waals surface area contributed by atoms with Gasteiger partial charge in [-0.05, 0) is 44.9 Å². The number of rotatable bonds is 33. The van der Waals surface area contributed by atoms with Gasteiger partial charge in [-0.15, -0.1) is 0 Å². The Hall–Kier alpha value is -2.29. The van der Waals surface area contributed by atoms with Crippen molar-refractivity contribution < 1.29 is 43.0 Å². The SMILES string of the molecule is CC/C=C\C/C=C\CC(O)/C=C/C=C\C/C=C\CCCC(=O)O[C@H](COC(=O)CCCCCCCCCCCCCCC)COP(=O)(O)O. The predicted octanol–water partition coefficient (Wildman–Crippen LogP) is 9.92. The van der Waals surface area contributed by atoms with Crippen molar-refractivity contribution in [2.24, 2.45) is 0 Å². The summed E-state index contributed by atoms with van der Waals surface area (Å²) in [4.78, 5) is 42.6. The Morgan fingerprint density at radius 1 is 0.653 bits per heavy atom. The zero-order valence-corrected chi connectivity index (χ0v) is 31.3. The van der Waals surface area contributed by atoms with Crippen molar-refractivity contribution in [1.82, 2.24) is 0 Å². The van der Waals surface area contributed by atoms with Crippen molar-refractivity contribution in [3.8, 4) is 0 Å². The number of allylic oxidation sites excluding steroid dienone is 8. The van der Waals surface area contributed by atoms with Crippen LogP contribution >= 0.6 is 7.82 Å². The Labute approximate surface area is 297 Å². The van der Waals surface area contributed by atoms with E-state index in [4.69, 9.17) is 19.3 Å². The van der Waals surface area contributed by atoms with Gasteiger partial charge in [0.15, 0.2) is 6.10 Å². The Bertz CT molecular complexity index is 996. The number of phosphoric acid groups is 1. The normalized spacial score (nSPS) is 13.8. The highest BCUT2D eigenvalue weighted by Crippen LogP contribution is 2.36. The van der Waals surface area contributed by atoms with Crippen LogP contribution in [0.4, 0.5) is 0 Å². The molecule has 9 nitrogen and oxygen atoms in total. The minimum absolute atomic E-state index is 0.101. The molecule has 0 rings (SSSR count). The second kappa shape index (κ2) is 34.2. The lowest BCUT2D eigenvalue weighted by Crippen LogP contribution is -2.29. The van der Waals surface area contributed by atoms with Gasteiger partial charge >= 0.3 is 19.8 Å². The number of aliphatic hydroxyl groups excluding tert-OH is 1. The molecule has 0 spiro atoms. The van der Waals surface area contributed by atoms with E-state index in [0.717, 1.165) is 32.1 Å². The molecular formula is C39H67O9P. The van der Waals surface area contributed by atoms with Crippen LogP contribution in [0.1, 0.15) is 149 Å². The van der Waals surface area contributed by atoms with E-state index in [2.05, 4.69) is 30.5 Å². The number of hydrogen-bond donors (Lipinski definition) is 3. The first kappa shape index (κ1) is 46.7. The van der Waals surface area contributed by atoms with Crippen LogP contribution in [0.5, 0.6) is 0 Å². The maximum atomic E-state index is 12.3. The number of carbonyl (C=O) groups excluding carboxylic acids is 2. The van der Waals surface area contributed by atoms with Gasteiger partial charge in [0, 0.05) is 12.8 Å². The zero-order valence-electron chi connectivity index (χ0n) is 30.4. The van der Waals surface area contributed by atoms with Gasteiger partial charge in [0.1, 0.15) is 6.61 Å². The molecule has 282 valence electrons. The largest absolute Gasteiger partial charge is 0.469 e. The topological polar surface area (TPSA) is 140 Å². The second-order valence-corrected chi connectivity index (χ2v) is 13.6. The molecule has 10 heteroatoms. The first-order valence-electron chi connectivity index (χ1n) is 18.7. The predicted molar refractivity (Wildman–Crippen MR) is 199 cm³/mol. The maximum Gasteiger partial charge on any atom is 0.469 e. The van der Waals surface area contributed by atoms with Gasteiger partial charge in [-0.3, -0.25) is 14.1 Å². The van der Waals surface area contributed by atoms with E-state index in [1.807, 2.05) is 42.5 Å². The first-order valence-corrected chi connectivity index (χ1v) is 20.2. The van der Waals surface area contributed by atoms with E-state index in [-0.39, 0.29) is 19.4 Å². The quantitative estimate of drug-likeness (QED) is 0.0200. The number of ether oxygens (including phenoxy) is 2. The van der Waals surface area contributed by atoms with Crippen LogP contribution in [0.3, 0.4) is 0 Å². The number of unbranched alkanes of at least 4 members (excludes halogenated alkanes) is 13. The molecule has 1 unspecified atom stereocenters. The number of aliphatic hydroxyl groups is 1. The molecule has 0 aliphatic rings. The van der Waals surface area contributed by atoms with Crippen LogP contribution in [0.15, 0.2) is 60.8 Å². The molecule has 0 amide bonds. The molecule has 0 aromatic heterocycles. The Balaban J connectivity index is 4.16. The van der Waals surface area contributed by atoms with Gasteiger partial charge in [-0.1, -0.05) is 152 Å². The summed E-state index contributed by atoms with van der Waals surface area (Å²) in [5.74, 6) is -0.995. The Morgan fingerprint density at radius 3 is 1.86 bits per heavy atom. The third kappa shape index (κ3) is 36.8. The minimum Gasteiger partial charge on any atom is -0.462 e. The Morgan fingerprint density at radius 2 is 1.22 bits per heavy atom. The van der Waals surface area contributed by atoms with Crippen LogP contribution < -0.4 is 0 Å². The second-order valence-electron chi connectivity index (χ2n) is 12.4. The molecule has 0 bridgehead atoms. The number of hydrogen-bond acceptors (Lipinski definition) is 7. The lowest BCUT2D eigenvalue weighted by atomic mass is 10.0. The molecule has 0 aliphatic carbocycles. The molecule has 0 aliphatic heterocycles. The van der Waals surface area contributed by atoms with Crippen molar-refractivity contribution in [2.75, 3.05) is 13.2 Å². The molecule has 0 saturated heterocycles. The number of phosphoric ester groups is 1. The summed E-state index contributed by atoms with van der Waals surface area (Å²) in [5.41, 5.74) is 0. The van der Waals surface area contributed by atoms with Crippen LogP contribution in [0.25, 0.3) is 0 Å². The monoisotopic (exact) mass is 710 g/mol. The molecule has 0 heterocycles. The van der Waals surface area contributed by atoms with E-state index in [1.165, 1.54) is 57.8 Å². The third-order valence-electron chi connectivity index (χ3n) is 7.63. The summed E-state index contributed by atoms with van der Waals surface area (Å²) in [6.07, 6.45) is 38.3. The van der Waals surface area contributed by atoms with Crippen molar-refractivity contribution in [1.29, 1.82) is 0 Å². The van der Waals surface area contributed by atoms with Gasteiger partial charge in [0.25, 0.3) is 0 Å². The average Bonchev–Trinajstić information content (AvgIpc) is 3.06. The van der Waals surface area contributed by atoms with Gasteiger partial charge < -0.3 is 24.4 Å². The third-order valence-corrected chi connectivity index (χ3v) is 8.12. The molecule has 0 radical (unpaired) electrons. The highest BCUT2D eigenvalue weighted by Gasteiger charge is 2.22. The van der Waals surface area contributed by atoms with Crippen LogP contribution in [-0.2, 0) is 28.2 Å². The van der Waals surface area contributed by atoms with E-state index < -0.39 is 38.6 Å². The van der Waals surface area contributed by atoms with Gasteiger partial charge in [-0.25, -0.2) is 4.57 Å². The number of carbonyl (C=O) groups is 2. The summed E-state index contributed by atoms with van der Waals surface area (Å²) < 4.78 is 26.2. The standard InChI is InChI=1S/C39H67O9P/c1-3-5-7-9-11-12-13-14-15-16-20-24-28-32-38(41)46-34-37(35-47-49(43,44)45)48-39(42)33-29-25-21-18-17-19-23-27-31-36(40)30-26-22-10-8-6-4-2/h6,8,18-19,21-23,26-27,31,36-37,40H,3-5,7,9-17,20,24-25,28-30,32-35H2,1-2H3,(H2,43,44,45)/b8-6-,21-18-,23-19-,26-22-,31-27+/t36?,37-/m1/s1. The van der Waals surface area contributed by atoms with E-state index in [1.54, 1.807) is 6.08 Å². The molecule has 2 atom stereocenters. The molecular weight excluding hydrogens is 643 g/mol. The van der Waals surface area contributed by atoms with Crippen LogP contribution in [-0.4, -0.2) is 52.3 Å². The summed E-state index contributed by atoms with van der Waals surface area (Å²) in [5, 5.41) is 9.96. The maximum absolute atomic E-state index is 12.3. The van der Waals surface area contributed by atoms with Crippen LogP contribution in [0.2, 0.25) is 0 Å². The van der Waals surface area contributed by atoms with Crippen molar-refractivity contribution in [3.63, 3.8) is 0 Å². The molecule has 3 N–H and O–H groups in total. The van der Waals surface area contributed by atoms with Gasteiger partial charge in [0.2, 0.25) is 0 Å². The van der Waals surface area contributed by atoms with Crippen LogP contribution in [0, 0.1) is 0 Å². The van der Waals surface area contributed by atoms with E-state index >= 15 is 0 Å². The molecule has 0 aromatic rings. The molecule has 0 fully saturated rings. The summed E-state index contributed by atoms with van der Waals surface area (Å²) in [7, 11) is -4.78. The smallest absolute Gasteiger partial charge is 0.462 e. The van der Waals surface area contributed by atoms with Crippen molar-refractivity contribution >= 4 is 19.8 Å². The average molecular weight is 711 g/mol. The summed E-state index contributed by atoms with van der Waals surface area (Å²) in [6.45, 7) is 3.43. The van der Waals surface area contributed by atoms with Crippen molar-refractivity contribution in [2.45, 2.75) is 161 Å². The fraction of sp³-hybridized carbons (Fsp3) is 0.692. The minimum atomic E-state index is -4.78. The fourth-order valence-corrected chi connectivity index (χ4v) is 5.21.